The van der Waals surface area contributed by atoms with Crippen LogP contribution in [0.2, 0.25) is 0 Å². The Bertz CT molecular complexity index is 1050. The second-order valence-electron chi connectivity index (χ2n) is 5.59. The Morgan fingerprint density at radius 3 is 2.50 bits per heavy atom. The Kier molecular flexibility index (Phi) is 5.28. The van der Waals surface area contributed by atoms with E-state index in [4.69, 9.17) is 16.7 Å². The van der Waals surface area contributed by atoms with Crippen molar-refractivity contribution >= 4 is 33.1 Å². The lowest BCUT2D eigenvalue weighted by Gasteiger charge is -2.14. The number of guanidine groups is 1. The van der Waals surface area contributed by atoms with E-state index in [-0.39, 0.29) is 16.1 Å². The van der Waals surface area contributed by atoms with Crippen molar-refractivity contribution in [3.63, 3.8) is 0 Å². The highest BCUT2D eigenvalue weighted by Crippen LogP contribution is 2.29. The summed E-state index contributed by atoms with van der Waals surface area (Å²) < 4.78 is 24.4. The number of nitrogens with zero attached hydrogens (tertiary/aromatic N) is 2. The van der Waals surface area contributed by atoms with Gasteiger partial charge in [-0.05, 0) is 42.8 Å². The van der Waals surface area contributed by atoms with E-state index < -0.39 is 21.7 Å². The predicted molar refractivity (Wildman–Crippen MR) is 98.9 cm³/mol. The number of nitrogens with two attached hydrogens (primary N) is 2. The molecule has 2 aromatic rings. The monoisotopic (exact) mass is 371 g/mol. The summed E-state index contributed by atoms with van der Waals surface area (Å²) in [6.45, 7) is 1.64. The number of hydrogen-bond acceptors (Lipinski definition) is 5. The zero-order valence-corrected chi connectivity index (χ0v) is 15.0. The predicted octanol–water partition coefficient (Wildman–Crippen LogP) is 1.43. The molecule has 134 valence electrons. The van der Waals surface area contributed by atoms with Gasteiger partial charge in [0.15, 0.2) is 15.8 Å². The molecule has 0 aromatic heterocycles. The first-order valence-corrected chi connectivity index (χ1v) is 9.27. The summed E-state index contributed by atoms with van der Waals surface area (Å²) in [5, 5.41) is 12.0. The number of hydrogen-bond donors (Lipinski definition) is 3. The van der Waals surface area contributed by atoms with Gasteiger partial charge in [0.2, 0.25) is 0 Å². The van der Waals surface area contributed by atoms with Crippen LogP contribution < -0.4 is 16.8 Å². The molecule has 0 bridgehead atoms. The van der Waals surface area contributed by atoms with Gasteiger partial charge in [0.25, 0.3) is 5.91 Å². The van der Waals surface area contributed by atoms with Gasteiger partial charge in [0.05, 0.1) is 22.2 Å². The molecule has 5 N–H and O–H groups in total. The number of sulfone groups is 1. The summed E-state index contributed by atoms with van der Waals surface area (Å²) in [6, 6.07) is 11.3. The van der Waals surface area contributed by atoms with E-state index in [1.165, 1.54) is 12.1 Å². The van der Waals surface area contributed by atoms with Crippen LogP contribution in [0.1, 0.15) is 21.5 Å². The zero-order valence-electron chi connectivity index (χ0n) is 14.1. The maximum absolute atomic E-state index is 12.2. The second-order valence-corrected chi connectivity index (χ2v) is 7.58. The quantitative estimate of drug-likeness (QED) is 0.543. The van der Waals surface area contributed by atoms with Crippen molar-refractivity contribution < 1.29 is 13.2 Å². The van der Waals surface area contributed by atoms with Crippen LogP contribution in [-0.2, 0) is 9.84 Å². The molecule has 8 nitrogen and oxygen atoms in total. The molecule has 1 amide bonds. The maximum atomic E-state index is 12.2. The molecule has 0 unspecified atom stereocenters. The molecule has 0 fully saturated rings. The highest BCUT2D eigenvalue weighted by Gasteiger charge is 2.19. The third-order valence-electron chi connectivity index (χ3n) is 3.46. The largest absolute Gasteiger partial charge is 0.370 e. The number of rotatable bonds is 4. The van der Waals surface area contributed by atoms with E-state index in [9.17, 15) is 13.2 Å². The van der Waals surface area contributed by atoms with Crippen LogP contribution in [0.5, 0.6) is 0 Å². The van der Waals surface area contributed by atoms with E-state index >= 15 is 0 Å². The highest BCUT2D eigenvalue weighted by molar-refractivity contribution is 7.90. The van der Waals surface area contributed by atoms with Gasteiger partial charge in [-0.2, -0.15) is 10.3 Å². The van der Waals surface area contributed by atoms with Crippen molar-refractivity contribution in [2.45, 2.75) is 11.8 Å². The van der Waals surface area contributed by atoms with Gasteiger partial charge in [-0.25, -0.2) is 8.42 Å². The SMILES string of the molecule is Cc1cc(Nc2cccc(C#N)c2)c(S(C)(=O)=O)cc1C(=O)N=C(N)N. The number of nitriles is 1. The number of nitrogens with one attached hydrogen (secondary N) is 1. The average Bonchev–Trinajstić information content (AvgIpc) is 2.53. The van der Waals surface area contributed by atoms with Gasteiger partial charge in [0.1, 0.15) is 0 Å². The molecule has 9 heteroatoms. The van der Waals surface area contributed by atoms with Crippen molar-refractivity contribution in [1.82, 2.24) is 0 Å². The molecule has 0 aliphatic rings. The Balaban J connectivity index is 2.59. The van der Waals surface area contributed by atoms with Gasteiger partial charge in [-0.3, -0.25) is 4.79 Å². The third-order valence-corrected chi connectivity index (χ3v) is 4.59. The Morgan fingerprint density at radius 2 is 1.92 bits per heavy atom. The minimum atomic E-state index is -3.66. The van der Waals surface area contributed by atoms with Crippen LogP contribution in [0.15, 0.2) is 46.3 Å². The van der Waals surface area contributed by atoms with Crippen LogP contribution in [0.3, 0.4) is 0 Å². The number of aryl methyl sites for hydroxylation is 1. The van der Waals surface area contributed by atoms with E-state index in [1.807, 2.05) is 6.07 Å². The Hall–Kier alpha value is -3.38. The van der Waals surface area contributed by atoms with Crippen LogP contribution in [-0.4, -0.2) is 26.5 Å². The van der Waals surface area contributed by atoms with E-state index in [2.05, 4.69) is 10.3 Å². The number of benzene rings is 2. The molecule has 26 heavy (non-hydrogen) atoms. The molecule has 0 aliphatic heterocycles. The Labute approximate surface area is 151 Å². The first-order valence-electron chi connectivity index (χ1n) is 7.37. The van der Waals surface area contributed by atoms with Gasteiger partial charge < -0.3 is 16.8 Å². The molecule has 0 saturated carbocycles. The first-order chi connectivity index (χ1) is 12.1. The molecule has 0 atom stereocenters. The lowest BCUT2D eigenvalue weighted by atomic mass is 10.1. The fraction of sp³-hybridized carbons (Fsp3) is 0.118. The average molecular weight is 371 g/mol. The molecular formula is C17H17N5O3S. The van der Waals surface area contributed by atoms with Crippen molar-refractivity contribution in [1.29, 1.82) is 5.26 Å². The summed E-state index contributed by atoms with van der Waals surface area (Å²) in [5.41, 5.74) is 12.2. The van der Waals surface area contributed by atoms with Crippen molar-refractivity contribution in [2.24, 2.45) is 16.5 Å². The summed E-state index contributed by atoms with van der Waals surface area (Å²) in [7, 11) is -3.66. The van der Waals surface area contributed by atoms with E-state index in [1.54, 1.807) is 31.2 Å². The Morgan fingerprint density at radius 1 is 1.23 bits per heavy atom. The number of carbonyl (C=O) groups excluding carboxylic acids is 1. The number of aliphatic imine (C=N–C) groups is 1. The van der Waals surface area contributed by atoms with Crippen molar-refractivity contribution in [2.75, 3.05) is 11.6 Å². The van der Waals surface area contributed by atoms with Crippen LogP contribution >= 0.6 is 0 Å². The normalized spacial score (nSPS) is 10.7. The summed E-state index contributed by atoms with van der Waals surface area (Å²) in [4.78, 5) is 15.5. The fourth-order valence-electron chi connectivity index (χ4n) is 2.32. The number of carbonyl (C=O) groups is 1. The maximum Gasteiger partial charge on any atom is 0.280 e. The standard InChI is InChI=1S/C17H17N5O3S/c1-10-6-14(21-12-5-3-4-11(7-12)9-18)15(26(2,24)25)8-13(10)16(23)22-17(19)20/h3-8,21H,1-2H3,(H4,19,20,22,23). The van der Waals surface area contributed by atoms with E-state index in [0.29, 0.717) is 16.8 Å². The first kappa shape index (κ1) is 19.0. The smallest absolute Gasteiger partial charge is 0.280 e. The van der Waals surface area contributed by atoms with Crippen LogP contribution in [0.4, 0.5) is 11.4 Å². The number of anilines is 2. The highest BCUT2D eigenvalue weighted by atomic mass is 32.2. The molecule has 0 spiro atoms. The zero-order chi connectivity index (χ0) is 19.5. The minimum Gasteiger partial charge on any atom is -0.370 e. The minimum absolute atomic E-state index is 0.0788. The summed E-state index contributed by atoms with van der Waals surface area (Å²) in [6.07, 6.45) is 1.03. The fourth-order valence-corrected chi connectivity index (χ4v) is 3.16. The molecule has 0 radical (unpaired) electrons. The topological polar surface area (TPSA) is 151 Å². The third kappa shape index (κ3) is 4.37. The summed E-state index contributed by atoms with van der Waals surface area (Å²) in [5.74, 6) is -1.14. The van der Waals surface area contributed by atoms with E-state index in [0.717, 1.165) is 6.26 Å². The molecule has 0 aliphatic carbocycles. The lowest BCUT2D eigenvalue weighted by molar-refractivity contribution is 0.100. The number of amides is 1. The molecule has 0 saturated heterocycles. The van der Waals surface area contributed by atoms with Gasteiger partial charge >= 0.3 is 0 Å². The van der Waals surface area contributed by atoms with Crippen LogP contribution in [0.25, 0.3) is 0 Å². The molecule has 2 rings (SSSR count). The van der Waals surface area contributed by atoms with Crippen molar-refractivity contribution in [3.05, 3.63) is 53.1 Å². The van der Waals surface area contributed by atoms with Gasteiger partial charge in [0, 0.05) is 17.5 Å². The lowest BCUT2D eigenvalue weighted by Crippen LogP contribution is -2.24. The van der Waals surface area contributed by atoms with Gasteiger partial charge in [-0.1, -0.05) is 6.07 Å². The van der Waals surface area contributed by atoms with Gasteiger partial charge in [-0.15, -0.1) is 0 Å². The second kappa shape index (κ2) is 7.25. The molecular weight excluding hydrogens is 354 g/mol. The summed E-state index contributed by atoms with van der Waals surface area (Å²) >= 11 is 0. The molecule has 2 aromatic carbocycles. The molecule has 0 heterocycles. The van der Waals surface area contributed by atoms with Crippen molar-refractivity contribution in [3.8, 4) is 6.07 Å². The van der Waals surface area contributed by atoms with Crippen LogP contribution in [0, 0.1) is 18.3 Å².